The van der Waals surface area contributed by atoms with Gasteiger partial charge in [-0.3, -0.25) is 4.79 Å². The Labute approximate surface area is 182 Å². The van der Waals surface area contributed by atoms with Gasteiger partial charge in [0.15, 0.2) is 18.2 Å². The average Bonchev–Trinajstić information content (AvgIpc) is 2.73. The van der Waals surface area contributed by atoms with Crippen molar-refractivity contribution in [2.24, 2.45) is 0 Å². The first-order valence-corrected chi connectivity index (χ1v) is 10.3. The SMILES string of the molecule is COC(=O)[C@H](C)O[C@@H]1[C@H](NC(C)=O)[C@H](OCc2ccccc2)O[C@@H]2COC(C)(C)O[C@@H]12. The van der Waals surface area contributed by atoms with Crippen molar-refractivity contribution in [1.29, 1.82) is 0 Å². The van der Waals surface area contributed by atoms with E-state index in [0.29, 0.717) is 0 Å². The van der Waals surface area contributed by atoms with E-state index in [9.17, 15) is 9.59 Å². The molecule has 31 heavy (non-hydrogen) atoms. The molecule has 0 aliphatic carbocycles. The molecule has 172 valence electrons. The van der Waals surface area contributed by atoms with Gasteiger partial charge in [0.25, 0.3) is 0 Å². The van der Waals surface area contributed by atoms with Crippen LogP contribution in [-0.2, 0) is 44.6 Å². The highest BCUT2D eigenvalue weighted by Crippen LogP contribution is 2.35. The second-order valence-corrected chi connectivity index (χ2v) is 8.13. The summed E-state index contributed by atoms with van der Waals surface area (Å²) in [5.41, 5.74) is 0.951. The van der Waals surface area contributed by atoms with Crippen molar-refractivity contribution < 1.29 is 38.0 Å². The van der Waals surface area contributed by atoms with Crippen LogP contribution in [-0.4, -0.2) is 68.1 Å². The number of carbonyl (C=O) groups is 2. The van der Waals surface area contributed by atoms with Crippen molar-refractivity contribution in [3.05, 3.63) is 35.9 Å². The highest BCUT2D eigenvalue weighted by molar-refractivity contribution is 5.74. The third-order valence-corrected chi connectivity index (χ3v) is 5.18. The van der Waals surface area contributed by atoms with E-state index in [0.717, 1.165) is 5.56 Å². The molecule has 2 aliphatic rings. The average molecular weight is 437 g/mol. The molecule has 1 aromatic carbocycles. The number of ether oxygens (including phenoxy) is 6. The van der Waals surface area contributed by atoms with Crippen LogP contribution in [0.2, 0.25) is 0 Å². The number of hydrogen-bond donors (Lipinski definition) is 1. The molecule has 0 bridgehead atoms. The second kappa shape index (κ2) is 10.1. The molecule has 2 fully saturated rings. The van der Waals surface area contributed by atoms with E-state index >= 15 is 0 Å². The minimum absolute atomic E-state index is 0.252. The normalized spacial score (nSPS) is 30.7. The Morgan fingerprint density at radius 2 is 1.97 bits per heavy atom. The van der Waals surface area contributed by atoms with E-state index in [1.165, 1.54) is 14.0 Å². The van der Waals surface area contributed by atoms with E-state index in [-0.39, 0.29) is 19.1 Å². The number of benzene rings is 1. The largest absolute Gasteiger partial charge is 0.467 e. The number of hydrogen-bond acceptors (Lipinski definition) is 8. The van der Waals surface area contributed by atoms with Gasteiger partial charge in [-0.25, -0.2) is 4.79 Å². The lowest BCUT2D eigenvalue weighted by Crippen LogP contribution is -2.69. The van der Waals surface area contributed by atoms with Gasteiger partial charge in [0, 0.05) is 6.92 Å². The molecular weight excluding hydrogens is 406 g/mol. The molecule has 0 saturated carbocycles. The minimum atomic E-state index is -0.880. The molecule has 0 aromatic heterocycles. The Morgan fingerprint density at radius 1 is 1.26 bits per heavy atom. The second-order valence-electron chi connectivity index (χ2n) is 8.13. The number of rotatable bonds is 7. The number of amides is 1. The summed E-state index contributed by atoms with van der Waals surface area (Å²) < 4.78 is 34.9. The Morgan fingerprint density at radius 3 is 2.61 bits per heavy atom. The number of carbonyl (C=O) groups excluding carboxylic acids is 2. The van der Waals surface area contributed by atoms with Crippen LogP contribution in [0, 0.1) is 0 Å². The summed E-state index contributed by atoms with van der Waals surface area (Å²) in [5.74, 6) is -1.69. The van der Waals surface area contributed by atoms with Crippen LogP contribution in [0.5, 0.6) is 0 Å². The fraction of sp³-hybridized carbons (Fsp3) is 0.636. The summed E-state index contributed by atoms with van der Waals surface area (Å²) in [6.07, 6.45) is -3.55. The van der Waals surface area contributed by atoms with E-state index in [4.69, 9.17) is 28.4 Å². The van der Waals surface area contributed by atoms with E-state index in [1.54, 1.807) is 20.8 Å². The first kappa shape index (κ1) is 23.6. The zero-order valence-corrected chi connectivity index (χ0v) is 18.5. The van der Waals surface area contributed by atoms with E-state index in [1.807, 2.05) is 30.3 Å². The van der Waals surface area contributed by atoms with E-state index < -0.39 is 48.5 Å². The quantitative estimate of drug-likeness (QED) is 0.641. The Kier molecular flexibility index (Phi) is 7.66. The summed E-state index contributed by atoms with van der Waals surface area (Å²) in [6, 6.07) is 8.89. The number of nitrogens with one attached hydrogen (secondary N) is 1. The standard InChI is InChI=1S/C22H31NO8/c1-13(20(25)26-5)29-19-17(23-14(2)24)21(27-11-15-9-7-6-8-10-15)30-16-12-28-22(3,4)31-18(16)19/h6-10,13,16-19,21H,11-12H2,1-5H3,(H,23,24)/t13-,16+,17-,18+,19+,21+/m0/s1. The van der Waals surface area contributed by atoms with Crippen LogP contribution < -0.4 is 5.32 Å². The maximum absolute atomic E-state index is 12.0. The molecule has 1 N–H and O–H groups in total. The fourth-order valence-electron chi connectivity index (χ4n) is 3.73. The van der Waals surface area contributed by atoms with Crippen molar-refractivity contribution >= 4 is 11.9 Å². The lowest BCUT2D eigenvalue weighted by molar-refractivity contribution is -0.374. The molecule has 0 unspecified atom stereocenters. The van der Waals surface area contributed by atoms with Crippen LogP contribution >= 0.6 is 0 Å². The molecule has 0 spiro atoms. The van der Waals surface area contributed by atoms with Crippen molar-refractivity contribution in [3.8, 4) is 0 Å². The third kappa shape index (κ3) is 6.02. The summed E-state index contributed by atoms with van der Waals surface area (Å²) in [6.45, 7) is 7.08. The number of esters is 1. The monoisotopic (exact) mass is 437 g/mol. The van der Waals surface area contributed by atoms with Crippen molar-refractivity contribution in [2.45, 2.75) is 76.8 Å². The summed E-state index contributed by atoms with van der Waals surface area (Å²) in [4.78, 5) is 24.0. The Hall–Kier alpha value is -2.04. The van der Waals surface area contributed by atoms with Crippen LogP contribution in [0.15, 0.2) is 30.3 Å². The van der Waals surface area contributed by atoms with Gasteiger partial charge in [-0.15, -0.1) is 0 Å². The molecule has 2 saturated heterocycles. The van der Waals surface area contributed by atoms with Gasteiger partial charge in [-0.1, -0.05) is 30.3 Å². The number of fused-ring (bicyclic) bond motifs is 1. The van der Waals surface area contributed by atoms with Gasteiger partial charge in [0.2, 0.25) is 5.91 Å². The van der Waals surface area contributed by atoms with Crippen LogP contribution in [0.25, 0.3) is 0 Å². The first-order chi connectivity index (χ1) is 14.7. The van der Waals surface area contributed by atoms with Crippen LogP contribution in [0.3, 0.4) is 0 Å². The molecule has 3 rings (SSSR count). The maximum atomic E-state index is 12.0. The highest BCUT2D eigenvalue weighted by atomic mass is 16.8. The molecule has 0 radical (unpaired) electrons. The van der Waals surface area contributed by atoms with Crippen molar-refractivity contribution in [2.75, 3.05) is 13.7 Å². The smallest absolute Gasteiger partial charge is 0.334 e. The maximum Gasteiger partial charge on any atom is 0.334 e. The van der Waals surface area contributed by atoms with Gasteiger partial charge in [0.1, 0.15) is 24.4 Å². The van der Waals surface area contributed by atoms with Gasteiger partial charge in [-0.2, -0.15) is 0 Å². The molecule has 1 amide bonds. The lowest BCUT2D eigenvalue weighted by atomic mass is 9.94. The molecule has 1 aromatic rings. The highest BCUT2D eigenvalue weighted by Gasteiger charge is 2.53. The molecule has 9 heteroatoms. The zero-order chi connectivity index (χ0) is 22.6. The zero-order valence-electron chi connectivity index (χ0n) is 18.5. The fourth-order valence-corrected chi connectivity index (χ4v) is 3.73. The Bertz CT molecular complexity index is 755. The summed E-state index contributed by atoms with van der Waals surface area (Å²) >= 11 is 0. The Balaban J connectivity index is 1.86. The molecule has 2 heterocycles. The first-order valence-electron chi connectivity index (χ1n) is 10.3. The molecular formula is C22H31NO8. The lowest BCUT2D eigenvalue weighted by Gasteiger charge is -2.51. The van der Waals surface area contributed by atoms with Gasteiger partial charge >= 0.3 is 5.97 Å². The van der Waals surface area contributed by atoms with Crippen LogP contribution in [0.1, 0.15) is 33.3 Å². The van der Waals surface area contributed by atoms with Crippen molar-refractivity contribution in [1.82, 2.24) is 5.32 Å². The summed E-state index contributed by atoms with van der Waals surface area (Å²) in [7, 11) is 1.29. The molecule has 2 aliphatic heterocycles. The van der Waals surface area contributed by atoms with Gasteiger partial charge in [-0.05, 0) is 26.3 Å². The van der Waals surface area contributed by atoms with E-state index in [2.05, 4.69) is 5.32 Å². The van der Waals surface area contributed by atoms with Gasteiger partial charge in [0.05, 0.1) is 20.3 Å². The minimum Gasteiger partial charge on any atom is -0.467 e. The van der Waals surface area contributed by atoms with Gasteiger partial charge < -0.3 is 33.7 Å². The molecule has 9 nitrogen and oxygen atoms in total. The third-order valence-electron chi connectivity index (χ3n) is 5.18. The van der Waals surface area contributed by atoms with Crippen LogP contribution in [0.4, 0.5) is 0 Å². The summed E-state index contributed by atoms with van der Waals surface area (Å²) in [5, 5.41) is 2.85. The van der Waals surface area contributed by atoms with Crippen molar-refractivity contribution in [3.63, 3.8) is 0 Å². The predicted molar refractivity (Wildman–Crippen MR) is 109 cm³/mol. The molecule has 6 atom stereocenters. The topological polar surface area (TPSA) is 102 Å². The number of methoxy groups -OCH3 is 1. The predicted octanol–water partition coefficient (Wildman–Crippen LogP) is 1.53.